The lowest BCUT2D eigenvalue weighted by Gasteiger charge is -2.12. The first-order valence-electron chi connectivity index (χ1n) is 7.38. The van der Waals surface area contributed by atoms with Crippen LogP contribution in [0.15, 0.2) is 53.4 Å². The summed E-state index contributed by atoms with van der Waals surface area (Å²) in [6.45, 7) is -0.0928. The number of thioether (sulfide) groups is 1. The van der Waals surface area contributed by atoms with Crippen LogP contribution in [-0.2, 0) is 4.79 Å². The summed E-state index contributed by atoms with van der Waals surface area (Å²) < 4.78 is 5.46. The van der Waals surface area contributed by atoms with Crippen LogP contribution in [0.2, 0.25) is 0 Å². The molecule has 0 unspecified atom stereocenters. The molecule has 0 saturated heterocycles. The lowest BCUT2D eigenvalue weighted by atomic mass is 10.2. The Labute approximate surface area is 146 Å². The molecule has 0 aliphatic rings. The minimum atomic E-state index is -0.279. The van der Waals surface area contributed by atoms with Crippen LogP contribution in [0, 0.1) is 0 Å². The van der Waals surface area contributed by atoms with Gasteiger partial charge in [-0.25, -0.2) is 0 Å². The maximum Gasteiger partial charge on any atom is 0.262 e. The third-order valence-electron chi connectivity index (χ3n) is 3.23. The highest BCUT2D eigenvalue weighted by Gasteiger charge is 2.10. The molecule has 24 heavy (non-hydrogen) atoms. The standard InChI is InChI=1S/C18H20N2O3S/c1-20(2)18(22)13-5-4-6-14(11-13)19-17(21)12-23-15-7-9-16(24-3)10-8-15/h4-11H,12H2,1-3H3,(H,19,21). The zero-order valence-electron chi connectivity index (χ0n) is 13.9. The van der Waals surface area contributed by atoms with E-state index in [0.29, 0.717) is 17.0 Å². The van der Waals surface area contributed by atoms with Gasteiger partial charge in [0.05, 0.1) is 0 Å². The van der Waals surface area contributed by atoms with Crippen LogP contribution in [0.3, 0.4) is 0 Å². The summed E-state index contributed by atoms with van der Waals surface area (Å²) in [7, 11) is 3.37. The Bertz CT molecular complexity index is 714. The Morgan fingerprint density at radius 3 is 2.46 bits per heavy atom. The Morgan fingerprint density at radius 1 is 1.12 bits per heavy atom. The fourth-order valence-corrected chi connectivity index (χ4v) is 2.41. The van der Waals surface area contributed by atoms with Gasteiger partial charge in [0.15, 0.2) is 6.61 Å². The van der Waals surface area contributed by atoms with E-state index in [-0.39, 0.29) is 18.4 Å². The number of hydrogen-bond acceptors (Lipinski definition) is 4. The van der Waals surface area contributed by atoms with Crippen molar-refractivity contribution in [2.75, 3.05) is 32.3 Å². The molecule has 0 radical (unpaired) electrons. The first-order chi connectivity index (χ1) is 11.5. The van der Waals surface area contributed by atoms with Gasteiger partial charge in [0.25, 0.3) is 11.8 Å². The number of nitrogens with zero attached hydrogens (tertiary/aromatic N) is 1. The highest BCUT2D eigenvalue weighted by atomic mass is 32.2. The highest BCUT2D eigenvalue weighted by Crippen LogP contribution is 2.19. The van der Waals surface area contributed by atoms with E-state index in [1.165, 1.54) is 4.90 Å². The molecule has 2 aromatic carbocycles. The summed E-state index contributed by atoms with van der Waals surface area (Å²) in [5.74, 6) is 0.245. The number of ether oxygens (including phenoxy) is 1. The van der Waals surface area contributed by atoms with Gasteiger partial charge in [0.1, 0.15) is 5.75 Å². The number of anilines is 1. The Hall–Kier alpha value is -2.47. The quantitative estimate of drug-likeness (QED) is 0.818. The van der Waals surface area contributed by atoms with E-state index >= 15 is 0 Å². The maximum absolute atomic E-state index is 12.0. The summed E-state index contributed by atoms with van der Waals surface area (Å²) in [6.07, 6.45) is 2.00. The van der Waals surface area contributed by atoms with Crippen LogP contribution in [0.1, 0.15) is 10.4 Å². The van der Waals surface area contributed by atoms with E-state index in [1.54, 1.807) is 50.1 Å². The van der Waals surface area contributed by atoms with Crippen molar-refractivity contribution < 1.29 is 14.3 Å². The molecule has 5 nitrogen and oxygen atoms in total. The molecule has 0 spiro atoms. The molecule has 0 bridgehead atoms. The minimum absolute atomic E-state index is 0.0928. The lowest BCUT2D eigenvalue weighted by Crippen LogP contribution is -2.23. The Morgan fingerprint density at radius 2 is 1.83 bits per heavy atom. The summed E-state index contributed by atoms with van der Waals surface area (Å²) >= 11 is 1.64. The molecule has 0 aliphatic heterocycles. The average molecular weight is 344 g/mol. The third kappa shape index (κ3) is 5.03. The Balaban J connectivity index is 1.92. The van der Waals surface area contributed by atoms with Crippen LogP contribution in [0.5, 0.6) is 5.75 Å². The van der Waals surface area contributed by atoms with Crippen molar-refractivity contribution in [2.24, 2.45) is 0 Å². The number of hydrogen-bond donors (Lipinski definition) is 1. The number of amides is 2. The van der Waals surface area contributed by atoms with Gasteiger partial charge in [-0.3, -0.25) is 9.59 Å². The normalized spacial score (nSPS) is 10.1. The van der Waals surface area contributed by atoms with Gasteiger partial charge in [0.2, 0.25) is 0 Å². The summed E-state index contributed by atoms with van der Waals surface area (Å²) in [4.78, 5) is 26.5. The van der Waals surface area contributed by atoms with E-state index in [9.17, 15) is 9.59 Å². The average Bonchev–Trinajstić information content (AvgIpc) is 2.60. The summed E-state index contributed by atoms with van der Waals surface area (Å²) in [6, 6.07) is 14.4. The largest absolute Gasteiger partial charge is 0.484 e. The molecule has 126 valence electrons. The van der Waals surface area contributed by atoms with E-state index in [4.69, 9.17) is 4.74 Å². The monoisotopic (exact) mass is 344 g/mol. The second-order valence-electron chi connectivity index (χ2n) is 5.29. The SMILES string of the molecule is CSc1ccc(OCC(=O)Nc2cccc(C(=O)N(C)C)c2)cc1. The van der Waals surface area contributed by atoms with Gasteiger partial charge in [-0.15, -0.1) is 11.8 Å². The zero-order chi connectivity index (χ0) is 17.5. The van der Waals surface area contributed by atoms with Crippen LogP contribution >= 0.6 is 11.8 Å². The molecule has 1 N–H and O–H groups in total. The number of benzene rings is 2. The van der Waals surface area contributed by atoms with Gasteiger partial charge in [0, 0.05) is 30.2 Å². The number of nitrogens with one attached hydrogen (secondary N) is 1. The fourth-order valence-electron chi connectivity index (χ4n) is 2.01. The number of carbonyl (C=O) groups excluding carboxylic acids is 2. The van der Waals surface area contributed by atoms with Crippen LogP contribution in [-0.4, -0.2) is 43.7 Å². The van der Waals surface area contributed by atoms with Crippen molar-refractivity contribution in [1.29, 1.82) is 0 Å². The van der Waals surface area contributed by atoms with Crippen molar-refractivity contribution in [3.63, 3.8) is 0 Å². The maximum atomic E-state index is 12.0. The van der Waals surface area contributed by atoms with Crippen LogP contribution in [0.4, 0.5) is 5.69 Å². The lowest BCUT2D eigenvalue weighted by molar-refractivity contribution is -0.118. The van der Waals surface area contributed by atoms with Gasteiger partial charge in [-0.1, -0.05) is 6.07 Å². The van der Waals surface area contributed by atoms with E-state index in [2.05, 4.69) is 5.32 Å². The minimum Gasteiger partial charge on any atom is -0.484 e. The van der Waals surface area contributed by atoms with Crippen LogP contribution in [0.25, 0.3) is 0 Å². The Kier molecular flexibility index (Phi) is 6.26. The molecule has 0 aromatic heterocycles. The van der Waals surface area contributed by atoms with Gasteiger partial charge < -0.3 is 15.0 Å². The molecule has 6 heteroatoms. The first kappa shape index (κ1) is 17.9. The molecule has 2 amide bonds. The molecule has 0 fully saturated rings. The smallest absolute Gasteiger partial charge is 0.262 e. The zero-order valence-corrected chi connectivity index (χ0v) is 14.7. The molecule has 0 atom stereocenters. The van der Waals surface area contributed by atoms with Crippen molar-refractivity contribution in [3.05, 3.63) is 54.1 Å². The molecular formula is C18H20N2O3S. The van der Waals surface area contributed by atoms with Gasteiger partial charge >= 0.3 is 0 Å². The molecule has 2 aromatic rings. The van der Waals surface area contributed by atoms with Crippen molar-refractivity contribution >= 4 is 29.3 Å². The fraction of sp³-hybridized carbons (Fsp3) is 0.222. The second kappa shape index (κ2) is 8.40. The van der Waals surface area contributed by atoms with Gasteiger partial charge in [-0.2, -0.15) is 0 Å². The van der Waals surface area contributed by atoms with Crippen LogP contribution < -0.4 is 10.1 Å². The first-order valence-corrected chi connectivity index (χ1v) is 8.60. The van der Waals surface area contributed by atoms with Crippen molar-refractivity contribution in [1.82, 2.24) is 4.90 Å². The van der Waals surface area contributed by atoms with E-state index in [0.717, 1.165) is 4.90 Å². The second-order valence-corrected chi connectivity index (χ2v) is 6.17. The molecule has 0 saturated carbocycles. The summed E-state index contributed by atoms with van der Waals surface area (Å²) in [5.41, 5.74) is 1.08. The highest BCUT2D eigenvalue weighted by molar-refractivity contribution is 7.98. The number of rotatable bonds is 6. The molecule has 0 heterocycles. The third-order valence-corrected chi connectivity index (χ3v) is 3.97. The van der Waals surface area contributed by atoms with E-state index < -0.39 is 0 Å². The molecule has 2 rings (SSSR count). The van der Waals surface area contributed by atoms with Gasteiger partial charge in [-0.05, 0) is 48.7 Å². The topological polar surface area (TPSA) is 58.6 Å². The summed E-state index contributed by atoms with van der Waals surface area (Å²) in [5, 5.41) is 2.73. The molecule has 0 aliphatic carbocycles. The van der Waals surface area contributed by atoms with E-state index in [1.807, 2.05) is 30.5 Å². The predicted octanol–water partition coefficient (Wildman–Crippen LogP) is 3.13. The van der Waals surface area contributed by atoms with Crippen molar-refractivity contribution in [3.8, 4) is 5.75 Å². The van der Waals surface area contributed by atoms with Crippen molar-refractivity contribution in [2.45, 2.75) is 4.90 Å². The number of carbonyl (C=O) groups is 2. The predicted molar refractivity (Wildman–Crippen MR) is 96.8 cm³/mol. The molecular weight excluding hydrogens is 324 g/mol.